The molecule has 24 heavy (non-hydrogen) atoms. The number of thiophene rings is 1. The van der Waals surface area contributed by atoms with Crippen LogP contribution in [0.15, 0.2) is 35.7 Å². The number of piperazine rings is 1. The van der Waals surface area contributed by atoms with Crippen LogP contribution in [0.1, 0.15) is 16.5 Å². The number of nitrogens with one attached hydrogen (secondary N) is 1. The van der Waals surface area contributed by atoms with Crippen molar-refractivity contribution in [2.75, 3.05) is 26.2 Å². The SMILES string of the molecule is Cl.Cl.O=[N+]([O-])c1ccc(Cl)c([C@H](c2cccs2)N2CCNCC2)c1. The van der Waals surface area contributed by atoms with E-state index in [0.717, 1.165) is 36.6 Å². The standard InChI is InChI=1S/C15H16ClN3O2S.2ClH/c16-13-4-3-11(19(20)21)10-12(13)15(14-2-1-9-22-14)18-7-5-17-6-8-18;;/h1-4,9-10,15,17H,5-8H2;2*1H/t15-;;/m1../s1. The number of nitro benzene ring substituents is 1. The maximum absolute atomic E-state index is 11.1. The van der Waals surface area contributed by atoms with Crippen molar-refractivity contribution in [3.63, 3.8) is 0 Å². The Morgan fingerprint density at radius 2 is 1.96 bits per heavy atom. The molecule has 132 valence electrons. The molecule has 1 aromatic heterocycles. The van der Waals surface area contributed by atoms with Crippen LogP contribution in [0.3, 0.4) is 0 Å². The smallest absolute Gasteiger partial charge is 0.269 e. The van der Waals surface area contributed by atoms with Gasteiger partial charge in [0.2, 0.25) is 0 Å². The Kier molecular flexibility index (Phi) is 8.42. The number of nitrogens with zero attached hydrogens (tertiary/aromatic N) is 2. The second-order valence-corrected chi connectivity index (χ2v) is 6.55. The van der Waals surface area contributed by atoms with Crippen molar-refractivity contribution in [3.05, 3.63) is 61.3 Å². The first kappa shape index (κ1) is 21.2. The van der Waals surface area contributed by atoms with Gasteiger partial charge in [-0.15, -0.1) is 36.2 Å². The van der Waals surface area contributed by atoms with Gasteiger partial charge in [-0.05, 0) is 23.1 Å². The van der Waals surface area contributed by atoms with Gasteiger partial charge in [-0.1, -0.05) is 17.7 Å². The zero-order chi connectivity index (χ0) is 15.5. The lowest BCUT2D eigenvalue weighted by atomic mass is 10.0. The molecule has 5 nitrogen and oxygen atoms in total. The van der Waals surface area contributed by atoms with Crippen molar-refractivity contribution < 1.29 is 4.92 Å². The third-order valence-corrected chi connectivity index (χ3v) is 5.08. The number of benzene rings is 1. The first-order valence-electron chi connectivity index (χ1n) is 7.09. The summed E-state index contributed by atoms with van der Waals surface area (Å²) >= 11 is 8.02. The van der Waals surface area contributed by atoms with Crippen LogP contribution in [0.2, 0.25) is 5.02 Å². The minimum Gasteiger partial charge on any atom is -0.314 e. The zero-order valence-electron chi connectivity index (χ0n) is 12.7. The van der Waals surface area contributed by atoms with Crippen molar-refractivity contribution in [1.82, 2.24) is 10.2 Å². The predicted octanol–water partition coefficient (Wildman–Crippen LogP) is 4.15. The van der Waals surface area contributed by atoms with E-state index in [1.165, 1.54) is 6.07 Å². The number of rotatable bonds is 4. The lowest BCUT2D eigenvalue weighted by Gasteiger charge is -2.35. The number of nitro groups is 1. The van der Waals surface area contributed by atoms with Gasteiger partial charge in [0, 0.05) is 48.2 Å². The normalized spacial score (nSPS) is 15.9. The van der Waals surface area contributed by atoms with Gasteiger partial charge < -0.3 is 5.32 Å². The van der Waals surface area contributed by atoms with Crippen LogP contribution in [-0.2, 0) is 0 Å². The molecule has 0 radical (unpaired) electrons. The van der Waals surface area contributed by atoms with Gasteiger partial charge in [0.05, 0.1) is 11.0 Å². The second-order valence-electron chi connectivity index (χ2n) is 5.17. The molecule has 2 heterocycles. The van der Waals surface area contributed by atoms with E-state index in [1.807, 2.05) is 11.4 Å². The Morgan fingerprint density at radius 1 is 1.25 bits per heavy atom. The first-order chi connectivity index (χ1) is 10.7. The van der Waals surface area contributed by atoms with Crippen molar-refractivity contribution in [1.29, 1.82) is 0 Å². The summed E-state index contributed by atoms with van der Waals surface area (Å²) in [6.45, 7) is 3.60. The summed E-state index contributed by atoms with van der Waals surface area (Å²) in [7, 11) is 0. The van der Waals surface area contributed by atoms with Crippen LogP contribution in [-0.4, -0.2) is 36.0 Å². The summed E-state index contributed by atoms with van der Waals surface area (Å²) in [5.41, 5.74) is 0.885. The second kappa shape index (κ2) is 9.56. The highest BCUT2D eigenvalue weighted by Gasteiger charge is 2.27. The molecule has 0 amide bonds. The van der Waals surface area contributed by atoms with Crippen molar-refractivity contribution in [2.24, 2.45) is 0 Å². The molecule has 0 saturated carbocycles. The van der Waals surface area contributed by atoms with Gasteiger partial charge in [0.25, 0.3) is 5.69 Å². The van der Waals surface area contributed by atoms with Crippen LogP contribution in [0.5, 0.6) is 0 Å². The van der Waals surface area contributed by atoms with Crippen LogP contribution in [0, 0.1) is 10.1 Å². The van der Waals surface area contributed by atoms with Crippen LogP contribution >= 0.6 is 47.8 Å². The van der Waals surface area contributed by atoms with Crippen LogP contribution in [0.25, 0.3) is 0 Å². The van der Waals surface area contributed by atoms with Gasteiger partial charge in [0.1, 0.15) is 0 Å². The van der Waals surface area contributed by atoms with E-state index in [1.54, 1.807) is 23.5 Å². The molecule has 1 aliphatic heterocycles. The number of hydrogen-bond donors (Lipinski definition) is 1. The molecule has 3 rings (SSSR count). The molecule has 0 unspecified atom stereocenters. The summed E-state index contributed by atoms with van der Waals surface area (Å²) in [6.07, 6.45) is 0. The summed E-state index contributed by atoms with van der Waals surface area (Å²) in [5.74, 6) is 0. The van der Waals surface area contributed by atoms with Gasteiger partial charge in [-0.25, -0.2) is 0 Å². The molecule has 1 fully saturated rings. The molecule has 1 saturated heterocycles. The number of halogens is 3. The Balaban J connectivity index is 0.00000144. The van der Waals surface area contributed by atoms with E-state index in [4.69, 9.17) is 11.6 Å². The molecule has 0 aliphatic carbocycles. The highest BCUT2D eigenvalue weighted by molar-refractivity contribution is 7.10. The molecule has 1 aromatic carbocycles. The molecule has 0 bridgehead atoms. The first-order valence-corrected chi connectivity index (χ1v) is 8.34. The third-order valence-electron chi connectivity index (χ3n) is 3.81. The van der Waals surface area contributed by atoms with E-state index in [2.05, 4.69) is 16.3 Å². The molecule has 1 atom stereocenters. The van der Waals surface area contributed by atoms with Crippen molar-refractivity contribution in [2.45, 2.75) is 6.04 Å². The van der Waals surface area contributed by atoms with Crippen molar-refractivity contribution >= 4 is 53.4 Å². The molecule has 1 N–H and O–H groups in total. The molecular weight excluding hydrogens is 393 g/mol. The van der Waals surface area contributed by atoms with Crippen LogP contribution in [0.4, 0.5) is 5.69 Å². The Bertz CT molecular complexity index is 664. The lowest BCUT2D eigenvalue weighted by molar-refractivity contribution is -0.384. The lowest BCUT2D eigenvalue weighted by Crippen LogP contribution is -2.45. The largest absolute Gasteiger partial charge is 0.314 e. The van der Waals surface area contributed by atoms with Gasteiger partial charge in [-0.3, -0.25) is 15.0 Å². The fraction of sp³-hybridized carbons (Fsp3) is 0.333. The quantitative estimate of drug-likeness (QED) is 0.608. The maximum Gasteiger partial charge on any atom is 0.269 e. The number of hydrogen-bond acceptors (Lipinski definition) is 5. The van der Waals surface area contributed by atoms with E-state index >= 15 is 0 Å². The molecule has 9 heteroatoms. The average Bonchev–Trinajstić information content (AvgIpc) is 3.04. The topological polar surface area (TPSA) is 58.4 Å². The summed E-state index contributed by atoms with van der Waals surface area (Å²) in [6, 6.07) is 8.71. The summed E-state index contributed by atoms with van der Waals surface area (Å²) < 4.78 is 0. The molecular formula is C15H18Cl3N3O2S. The maximum atomic E-state index is 11.1. The van der Waals surface area contributed by atoms with E-state index < -0.39 is 0 Å². The van der Waals surface area contributed by atoms with E-state index in [0.29, 0.717) is 5.02 Å². The number of non-ortho nitro benzene ring substituents is 1. The monoisotopic (exact) mass is 409 g/mol. The summed E-state index contributed by atoms with van der Waals surface area (Å²) in [4.78, 5) is 14.2. The zero-order valence-corrected chi connectivity index (χ0v) is 15.9. The fourth-order valence-corrected chi connectivity index (χ4v) is 3.87. The third kappa shape index (κ3) is 4.59. The molecule has 2 aromatic rings. The Labute approximate surface area is 162 Å². The highest BCUT2D eigenvalue weighted by atomic mass is 35.5. The molecule has 1 aliphatic rings. The molecule has 0 spiro atoms. The fourth-order valence-electron chi connectivity index (χ4n) is 2.77. The minimum atomic E-state index is -0.372. The van der Waals surface area contributed by atoms with Gasteiger partial charge >= 0.3 is 0 Å². The average molecular weight is 411 g/mol. The Hall–Kier alpha value is -0.890. The van der Waals surface area contributed by atoms with Crippen molar-refractivity contribution in [3.8, 4) is 0 Å². The Morgan fingerprint density at radius 3 is 2.54 bits per heavy atom. The highest BCUT2D eigenvalue weighted by Crippen LogP contribution is 2.37. The van der Waals surface area contributed by atoms with E-state index in [-0.39, 0.29) is 41.5 Å². The van der Waals surface area contributed by atoms with Gasteiger partial charge in [-0.2, -0.15) is 0 Å². The van der Waals surface area contributed by atoms with E-state index in [9.17, 15) is 10.1 Å². The van der Waals surface area contributed by atoms with Gasteiger partial charge in [0.15, 0.2) is 0 Å². The van der Waals surface area contributed by atoms with Crippen LogP contribution < -0.4 is 5.32 Å². The summed E-state index contributed by atoms with van der Waals surface area (Å²) in [5, 5.41) is 17.0. The minimum absolute atomic E-state index is 0. The predicted molar refractivity (Wildman–Crippen MR) is 103 cm³/mol.